The van der Waals surface area contributed by atoms with Crippen LogP contribution in [0.2, 0.25) is 0 Å². The van der Waals surface area contributed by atoms with Gasteiger partial charge >= 0.3 is 6.09 Å². The van der Waals surface area contributed by atoms with Crippen LogP contribution in [0.5, 0.6) is 0 Å². The van der Waals surface area contributed by atoms with Crippen molar-refractivity contribution in [2.24, 2.45) is 5.73 Å². The lowest BCUT2D eigenvalue weighted by Crippen LogP contribution is -2.42. The molecule has 2 amide bonds. The van der Waals surface area contributed by atoms with Crippen molar-refractivity contribution in [1.29, 1.82) is 0 Å². The van der Waals surface area contributed by atoms with Crippen LogP contribution in [0.4, 0.5) is 10.5 Å². The van der Waals surface area contributed by atoms with Gasteiger partial charge in [-0.3, -0.25) is 9.69 Å². The van der Waals surface area contributed by atoms with Crippen LogP contribution in [0.25, 0.3) is 11.0 Å². The molecule has 3 aromatic rings. The van der Waals surface area contributed by atoms with Gasteiger partial charge in [-0.15, -0.1) is 0 Å². The van der Waals surface area contributed by atoms with Gasteiger partial charge < -0.3 is 15.0 Å². The monoisotopic (exact) mass is 392 g/mol. The number of aryl methyl sites for hydroxylation is 1. The van der Waals surface area contributed by atoms with Crippen LogP contribution in [-0.2, 0) is 28.9 Å². The summed E-state index contributed by atoms with van der Waals surface area (Å²) < 4.78 is 6.87. The molecule has 7 nitrogen and oxygen atoms in total. The van der Waals surface area contributed by atoms with Crippen molar-refractivity contribution < 1.29 is 14.3 Å². The van der Waals surface area contributed by atoms with Crippen molar-refractivity contribution in [2.75, 3.05) is 12.0 Å². The van der Waals surface area contributed by atoms with Crippen LogP contribution < -0.4 is 10.6 Å². The topological polar surface area (TPSA) is 90.4 Å². The van der Waals surface area contributed by atoms with E-state index in [1.165, 1.54) is 7.11 Å². The molecule has 0 aliphatic carbocycles. The van der Waals surface area contributed by atoms with Crippen molar-refractivity contribution in [3.05, 3.63) is 59.4 Å². The molecule has 2 N–H and O–H groups in total. The van der Waals surface area contributed by atoms with Crippen LogP contribution in [0, 0.1) is 0 Å². The number of amides is 2. The van der Waals surface area contributed by atoms with E-state index in [0.717, 1.165) is 46.5 Å². The van der Waals surface area contributed by atoms with Gasteiger partial charge in [0.05, 0.1) is 23.8 Å². The molecule has 150 valence electrons. The Bertz CT molecular complexity index is 1070. The fourth-order valence-electron chi connectivity index (χ4n) is 4.10. The van der Waals surface area contributed by atoms with Crippen LogP contribution in [0.1, 0.15) is 30.3 Å². The number of carbonyl (C=O) groups is 2. The normalized spacial score (nSPS) is 15.9. The molecule has 0 saturated heterocycles. The standard InChI is InChI=1S/C22H24N4O3/c1-14-8-9-16-17(26(14)22(28)29-2)10-11-18-21(16)24-20(25(18)13-19(23)27)12-15-6-4-3-5-7-15/h3-7,10-11,14H,8-9,12-13H2,1-2H3,(H2,23,27)/t14-/m0/s1. The van der Waals surface area contributed by atoms with Gasteiger partial charge in [-0.25, -0.2) is 9.78 Å². The summed E-state index contributed by atoms with van der Waals surface area (Å²) in [4.78, 5) is 30.7. The van der Waals surface area contributed by atoms with Crippen LogP contribution in [0.15, 0.2) is 42.5 Å². The van der Waals surface area contributed by atoms with E-state index in [1.807, 2.05) is 54.0 Å². The van der Waals surface area contributed by atoms with Gasteiger partial charge in [0.25, 0.3) is 0 Å². The molecule has 1 aliphatic rings. The Morgan fingerprint density at radius 2 is 1.97 bits per heavy atom. The van der Waals surface area contributed by atoms with E-state index in [-0.39, 0.29) is 18.7 Å². The number of rotatable bonds is 4. The highest BCUT2D eigenvalue weighted by atomic mass is 16.5. The fraction of sp³-hybridized carbons (Fsp3) is 0.318. The zero-order chi connectivity index (χ0) is 20.5. The minimum absolute atomic E-state index is 0.0453. The molecule has 0 unspecified atom stereocenters. The Balaban J connectivity index is 1.87. The van der Waals surface area contributed by atoms with Crippen LogP contribution in [-0.4, -0.2) is 34.7 Å². The summed E-state index contributed by atoms with van der Waals surface area (Å²) in [7, 11) is 1.39. The average Bonchev–Trinajstić information content (AvgIpc) is 3.04. The molecule has 2 heterocycles. The lowest BCUT2D eigenvalue weighted by Gasteiger charge is -2.34. The van der Waals surface area contributed by atoms with Gasteiger partial charge in [-0.2, -0.15) is 0 Å². The minimum Gasteiger partial charge on any atom is -0.452 e. The molecule has 1 aliphatic heterocycles. The molecule has 0 saturated carbocycles. The molecule has 1 aromatic heterocycles. The molecule has 4 rings (SSSR count). The predicted octanol–water partition coefficient (Wildman–Crippen LogP) is 3.02. The average molecular weight is 392 g/mol. The maximum atomic E-state index is 12.4. The lowest BCUT2D eigenvalue weighted by atomic mass is 9.96. The van der Waals surface area contributed by atoms with Crippen LogP contribution in [0.3, 0.4) is 0 Å². The number of hydrogen-bond donors (Lipinski definition) is 1. The predicted molar refractivity (Wildman–Crippen MR) is 111 cm³/mol. The molecule has 7 heteroatoms. The second-order valence-electron chi connectivity index (χ2n) is 7.40. The molecule has 2 aromatic carbocycles. The van der Waals surface area contributed by atoms with E-state index in [2.05, 4.69) is 0 Å². The van der Waals surface area contributed by atoms with E-state index in [9.17, 15) is 9.59 Å². The number of imidazole rings is 1. The highest BCUT2D eigenvalue weighted by molar-refractivity contribution is 5.95. The quantitative estimate of drug-likeness (QED) is 0.739. The lowest BCUT2D eigenvalue weighted by molar-refractivity contribution is -0.118. The first-order chi connectivity index (χ1) is 14.0. The Kier molecular flexibility index (Phi) is 4.96. The van der Waals surface area contributed by atoms with Gasteiger partial charge in [0, 0.05) is 18.0 Å². The third-order valence-electron chi connectivity index (χ3n) is 5.48. The number of aromatic nitrogens is 2. The summed E-state index contributed by atoms with van der Waals surface area (Å²) in [5.74, 6) is 0.364. The maximum absolute atomic E-state index is 12.4. The smallest absolute Gasteiger partial charge is 0.414 e. The molecule has 1 atom stereocenters. The SMILES string of the molecule is COC(=O)N1c2ccc3c(nc(Cc4ccccc4)n3CC(N)=O)c2CC[C@@H]1C. The second-order valence-corrected chi connectivity index (χ2v) is 7.40. The number of carbonyl (C=O) groups excluding carboxylic acids is 2. The molecule has 29 heavy (non-hydrogen) atoms. The summed E-state index contributed by atoms with van der Waals surface area (Å²) in [6, 6.07) is 13.9. The Labute approximate surface area is 169 Å². The Morgan fingerprint density at radius 3 is 2.66 bits per heavy atom. The van der Waals surface area contributed by atoms with E-state index in [4.69, 9.17) is 15.5 Å². The summed E-state index contributed by atoms with van der Waals surface area (Å²) in [6.07, 6.45) is 1.84. The summed E-state index contributed by atoms with van der Waals surface area (Å²) in [6.45, 7) is 2.07. The zero-order valence-electron chi connectivity index (χ0n) is 16.6. The van der Waals surface area contributed by atoms with Crippen molar-refractivity contribution in [3.63, 3.8) is 0 Å². The zero-order valence-corrected chi connectivity index (χ0v) is 16.6. The molecule has 0 bridgehead atoms. The fourth-order valence-corrected chi connectivity index (χ4v) is 4.10. The number of nitrogens with two attached hydrogens (primary N) is 1. The van der Waals surface area contributed by atoms with Gasteiger partial charge in [-0.05, 0) is 37.5 Å². The number of benzene rings is 2. The molecular weight excluding hydrogens is 368 g/mol. The number of fused-ring (bicyclic) bond motifs is 3. The van der Waals surface area contributed by atoms with Gasteiger partial charge in [-0.1, -0.05) is 30.3 Å². The summed E-state index contributed by atoms with van der Waals surface area (Å²) in [5.41, 5.74) is 10.1. The second kappa shape index (κ2) is 7.58. The first-order valence-corrected chi connectivity index (χ1v) is 9.70. The first-order valence-electron chi connectivity index (χ1n) is 9.70. The van der Waals surface area contributed by atoms with E-state index >= 15 is 0 Å². The van der Waals surface area contributed by atoms with Gasteiger partial charge in [0.1, 0.15) is 12.4 Å². The van der Waals surface area contributed by atoms with Crippen LogP contribution >= 0.6 is 0 Å². The number of anilines is 1. The number of methoxy groups -OCH3 is 1. The Hall–Kier alpha value is -3.35. The highest BCUT2D eigenvalue weighted by Crippen LogP contribution is 2.36. The van der Waals surface area contributed by atoms with Crippen molar-refractivity contribution in [2.45, 2.75) is 38.8 Å². The van der Waals surface area contributed by atoms with Gasteiger partial charge in [0.15, 0.2) is 0 Å². The Morgan fingerprint density at radius 1 is 1.21 bits per heavy atom. The summed E-state index contributed by atoms with van der Waals surface area (Å²) >= 11 is 0. The van der Waals surface area contributed by atoms with E-state index in [1.54, 1.807) is 4.90 Å². The highest BCUT2D eigenvalue weighted by Gasteiger charge is 2.31. The number of nitrogens with zero attached hydrogens (tertiary/aromatic N) is 3. The minimum atomic E-state index is -0.416. The largest absolute Gasteiger partial charge is 0.452 e. The third-order valence-corrected chi connectivity index (χ3v) is 5.48. The molecule has 0 fully saturated rings. The molecule has 0 spiro atoms. The number of ether oxygens (including phenoxy) is 1. The number of primary amides is 1. The summed E-state index contributed by atoms with van der Waals surface area (Å²) in [5, 5.41) is 0. The van der Waals surface area contributed by atoms with Crippen molar-refractivity contribution in [3.8, 4) is 0 Å². The van der Waals surface area contributed by atoms with Gasteiger partial charge in [0.2, 0.25) is 5.91 Å². The van der Waals surface area contributed by atoms with E-state index in [0.29, 0.717) is 6.42 Å². The van der Waals surface area contributed by atoms with Crippen molar-refractivity contribution >= 4 is 28.7 Å². The first kappa shape index (κ1) is 19.0. The van der Waals surface area contributed by atoms with Crippen molar-refractivity contribution in [1.82, 2.24) is 9.55 Å². The molecule has 0 radical (unpaired) electrons. The maximum Gasteiger partial charge on any atom is 0.414 e. The molecular formula is C22H24N4O3. The van der Waals surface area contributed by atoms with E-state index < -0.39 is 5.91 Å². The third kappa shape index (κ3) is 3.44. The number of hydrogen-bond acceptors (Lipinski definition) is 4.